The van der Waals surface area contributed by atoms with E-state index in [1.165, 1.54) is 7.11 Å². The molecule has 0 fully saturated rings. The van der Waals surface area contributed by atoms with Crippen LogP contribution >= 0.6 is 15.9 Å². The van der Waals surface area contributed by atoms with Crippen LogP contribution in [0.1, 0.15) is 18.1 Å². The fourth-order valence-corrected chi connectivity index (χ4v) is 2.31. The highest BCUT2D eigenvalue weighted by Gasteiger charge is 2.12. The van der Waals surface area contributed by atoms with Gasteiger partial charge in [-0.1, -0.05) is 15.9 Å². The van der Waals surface area contributed by atoms with Crippen molar-refractivity contribution in [1.29, 1.82) is 0 Å². The molecule has 1 aromatic carbocycles. The SMILES string of the molecule is COC(=O)COc1c(C)cc(Br)cc1CC(C)N. The maximum absolute atomic E-state index is 11.1. The second kappa shape index (κ2) is 6.75. The van der Waals surface area contributed by atoms with Gasteiger partial charge in [0.2, 0.25) is 0 Å². The molecule has 1 rings (SSSR count). The van der Waals surface area contributed by atoms with E-state index in [0.717, 1.165) is 15.6 Å². The lowest BCUT2D eigenvalue weighted by molar-refractivity contribution is -0.142. The molecule has 0 saturated heterocycles. The number of carbonyl (C=O) groups excluding carboxylic acids is 1. The second-order valence-corrected chi connectivity index (χ2v) is 5.17. The van der Waals surface area contributed by atoms with Gasteiger partial charge in [-0.3, -0.25) is 0 Å². The summed E-state index contributed by atoms with van der Waals surface area (Å²) in [4.78, 5) is 11.1. The minimum Gasteiger partial charge on any atom is -0.481 e. The van der Waals surface area contributed by atoms with E-state index in [1.54, 1.807) is 0 Å². The van der Waals surface area contributed by atoms with E-state index < -0.39 is 5.97 Å². The van der Waals surface area contributed by atoms with E-state index in [4.69, 9.17) is 10.5 Å². The van der Waals surface area contributed by atoms with Crippen LogP contribution in [0.4, 0.5) is 0 Å². The summed E-state index contributed by atoms with van der Waals surface area (Å²) in [6.45, 7) is 3.77. The van der Waals surface area contributed by atoms with E-state index >= 15 is 0 Å². The van der Waals surface area contributed by atoms with Gasteiger partial charge in [-0.2, -0.15) is 0 Å². The summed E-state index contributed by atoms with van der Waals surface area (Å²) in [6, 6.07) is 3.93. The molecule has 0 bridgehead atoms. The average molecular weight is 316 g/mol. The summed E-state index contributed by atoms with van der Waals surface area (Å²) in [6.07, 6.45) is 0.691. The average Bonchev–Trinajstić information content (AvgIpc) is 2.26. The molecule has 0 amide bonds. The number of halogens is 1. The first-order valence-corrected chi connectivity index (χ1v) is 6.47. The van der Waals surface area contributed by atoms with Crippen molar-refractivity contribution in [3.05, 3.63) is 27.7 Å². The third kappa shape index (κ3) is 4.31. The molecule has 0 aliphatic heterocycles. The fourth-order valence-electron chi connectivity index (χ4n) is 1.69. The van der Waals surface area contributed by atoms with Crippen LogP contribution < -0.4 is 10.5 Å². The van der Waals surface area contributed by atoms with Gasteiger partial charge >= 0.3 is 5.97 Å². The summed E-state index contributed by atoms with van der Waals surface area (Å²) in [5.74, 6) is 0.310. The van der Waals surface area contributed by atoms with Crippen LogP contribution in [0.15, 0.2) is 16.6 Å². The number of carbonyl (C=O) groups is 1. The number of methoxy groups -OCH3 is 1. The van der Waals surface area contributed by atoms with Crippen LogP contribution in [0.2, 0.25) is 0 Å². The van der Waals surface area contributed by atoms with E-state index in [1.807, 2.05) is 26.0 Å². The molecule has 100 valence electrons. The number of esters is 1. The maximum Gasteiger partial charge on any atom is 0.343 e. The Kier molecular flexibility index (Phi) is 5.62. The summed E-state index contributed by atoms with van der Waals surface area (Å²) < 4.78 is 11.1. The smallest absolute Gasteiger partial charge is 0.343 e. The Balaban J connectivity index is 2.96. The molecule has 0 radical (unpaired) electrons. The molecule has 4 nitrogen and oxygen atoms in total. The number of ether oxygens (including phenoxy) is 2. The number of nitrogens with two attached hydrogens (primary N) is 1. The Hall–Kier alpha value is -1.07. The third-order valence-corrected chi connectivity index (χ3v) is 2.88. The van der Waals surface area contributed by atoms with E-state index in [9.17, 15) is 4.79 Å². The monoisotopic (exact) mass is 315 g/mol. The molecule has 1 unspecified atom stereocenters. The highest BCUT2D eigenvalue weighted by molar-refractivity contribution is 9.10. The Bertz CT molecular complexity index is 432. The van der Waals surface area contributed by atoms with Gasteiger partial charge in [0.25, 0.3) is 0 Å². The predicted octanol–water partition coefficient (Wildman–Crippen LogP) is 2.20. The van der Waals surface area contributed by atoms with Crippen LogP contribution in [0.25, 0.3) is 0 Å². The molecular weight excluding hydrogens is 298 g/mol. The highest BCUT2D eigenvalue weighted by Crippen LogP contribution is 2.29. The van der Waals surface area contributed by atoms with Crippen molar-refractivity contribution in [1.82, 2.24) is 0 Å². The van der Waals surface area contributed by atoms with Gasteiger partial charge in [-0.25, -0.2) is 4.79 Å². The molecule has 0 spiro atoms. The molecule has 1 aromatic rings. The van der Waals surface area contributed by atoms with Crippen LogP contribution in [0.5, 0.6) is 5.75 Å². The first kappa shape index (κ1) is 15.0. The van der Waals surface area contributed by atoms with E-state index in [0.29, 0.717) is 12.2 Å². The third-order valence-electron chi connectivity index (χ3n) is 2.42. The molecule has 0 aliphatic rings. The molecule has 18 heavy (non-hydrogen) atoms. The largest absolute Gasteiger partial charge is 0.481 e. The summed E-state index contributed by atoms with van der Waals surface area (Å²) in [5, 5.41) is 0. The van der Waals surface area contributed by atoms with Gasteiger partial charge in [-0.05, 0) is 43.5 Å². The Morgan fingerprint density at radius 2 is 2.17 bits per heavy atom. The first-order chi connectivity index (χ1) is 8.43. The quantitative estimate of drug-likeness (QED) is 0.846. The van der Waals surface area contributed by atoms with Crippen molar-refractivity contribution < 1.29 is 14.3 Å². The number of benzene rings is 1. The minimum absolute atomic E-state index is 0.0270. The Morgan fingerprint density at radius 3 is 2.72 bits per heavy atom. The Morgan fingerprint density at radius 1 is 1.50 bits per heavy atom. The zero-order valence-corrected chi connectivity index (χ0v) is 12.4. The zero-order valence-electron chi connectivity index (χ0n) is 10.8. The second-order valence-electron chi connectivity index (χ2n) is 4.26. The fraction of sp³-hybridized carbons (Fsp3) is 0.462. The van der Waals surface area contributed by atoms with Crippen molar-refractivity contribution in [2.24, 2.45) is 5.73 Å². The van der Waals surface area contributed by atoms with Crippen LogP contribution in [0, 0.1) is 6.92 Å². The van der Waals surface area contributed by atoms with Gasteiger partial charge in [0.05, 0.1) is 7.11 Å². The van der Waals surface area contributed by atoms with Crippen molar-refractivity contribution in [3.8, 4) is 5.75 Å². The van der Waals surface area contributed by atoms with Crippen molar-refractivity contribution in [2.45, 2.75) is 26.3 Å². The summed E-state index contributed by atoms with van der Waals surface area (Å²) in [5.41, 5.74) is 7.76. The van der Waals surface area contributed by atoms with Crippen molar-refractivity contribution >= 4 is 21.9 Å². The van der Waals surface area contributed by atoms with Gasteiger partial charge in [0.15, 0.2) is 6.61 Å². The number of aryl methyl sites for hydroxylation is 1. The van der Waals surface area contributed by atoms with Gasteiger partial charge in [-0.15, -0.1) is 0 Å². The molecular formula is C13H18BrNO3. The molecule has 1 atom stereocenters. The zero-order chi connectivity index (χ0) is 13.7. The minimum atomic E-state index is -0.399. The van der Waals surface area contributed by atoms with Crippen LogP contribution in [0.3, 0.4) is 0 Å². The first-order valence-electron chi connectivity index (χ1n) is 5.68. The normalized spacial score (nSPS) is 12.1. The van der Waals surface area contributed by atoms with E-state index in [-0.39, 0.29) is 12.6 Å². The van der Waals surface area contributed by atoms with Crippen molar-refractivity contribution in [2.75, 3.05) is 13.7 Å². The number of rotatable bonds is 5. The lowest BCUT2D eigenvalue weighted by atomic mass is 10.0. The van der Waals surface area contributed by atoms with Gasteiger partial charge < -0.3 is 15.2 Å². The lowest BCUT2D eigenvalue weighted by Gasteiger charge is -2.15. The summed E-state index contributed by atoms with van der Waals surface area (Å²) in [7, 11) is 1.34. The van der Waals surface area contributed by atoms with Crippen molar-refractivity contribution in [3.63, 3.8) is 0 Å². The summed E-state index contributed by atoms with van der Waals surface area (Å²) >= 11 is 3.44. The number of hydrogen-bond acceptors (Lipinski definition) is 4. The highest BCUT2D eigenvalue weighted by atomic mass is 79.9. The van der Waals surface area contributed by atoms with Crippen LogP contribution in [-0.2, 0) is 16.0 Å². The topological polar surface area (TPSA) is 61.5 Å². The molecule has 0 aromatic heterocycles. The van der Waals surface area contributed by atoms with Gasteiger partial charge in [0.1, 0.15) is 5.75 Å². The molecule has 2 N–H and O–H groups in total. The molecule has 0 saturated carbocycles. The van der Waals surface area contributed by atoms with Gasteiger partial charge in [0, 0.05) is 10.5 Å². The lowest BCUT2D eigenvalue weighted by Crippen LogP contribution is -2.20. The van der Waals surface area contributed by atoms with E-state index in [2.05, 4.69) is 20.7 Å². The maximum atomic E-state index is 11.1. The molecule has 5 heteroatoms. The molecule has 0 aliphatic carbocycles. The van der Waals surface area contributed by atoms with Crippen LogP contribution in [-0.4, -0.2) is 25.7 Å². The molecule has 0 heterocycles. The number of hydrogen-bond donors (Lipinski definition) is 1. The predicted molar refractivity (Wildman–Crippen MR) is 73.7 cm³/mol. The standard InChI is InChI=1S/C13H18BrNO3/c1-8-4-11(14)6-10(5-9(2)15)13(8)18-7-12(16)17-3/h4,6,9H,5,7,15H2,1-3H3. The Labute approximate surface area is 116 Å².